The number of morpholine rings is 1. The summed E-state index contributed by atoms with van der Waals surface area (Å²) in [5.41, 5.74) is 0. The molecule has 0 radical (unpaired) electrons. The molecule has 0 bridgehead atoms. The number of ether oxygens (including phenoxy) is 1. The first-order chi connectivity index (χ1) is 6.40. The van der Waals surface area contributed by atoms with Gasteiger partial charge < -0.3 is 10.1 Å². The highest BCUT2D eigenvalue weighted by Crippen LogP contribution is 2.30. The molecule has 0 aromatic carbocycles. The van der Waals surface area contributed by atoms with E-state index in [-0.39, 0.29) is 0 Å². The first kappa shape index (κ1) is 9.44. The van der Waals surface area contributed by atoms with Gasteiger partial charge in [0.2, 0.25) is 0 Å². The van der Waals surface area contributed by atoms with Crippen LogP contribution in [0.2, 0.25) is 0 Å². The third kappa shape index (κ3) is 2.66. The summed E-state index contributed by atoms with van der Waals surface area (Å²) in [5.74, 6) is 0.998. The zero-order valence-electron chi connectivity index (χ0n) is 8.46. The second kappa shape index (κ2) is 4.40. The SMILES string of the molecule is CNCC1COCCN1CC1CC1. The van der Waals surface area contributed by atoms with E-state index in [1.54, 1.807) is 0 Å². The number of nitrogens with one attached hydrogen (secondary N) is 1. The van der Waals surface area contributed by atoms with Gasteiger partial charge >= 0.3 is 0 Å². The van der Waals surface area contributed by atoms with Crippen molar-refractivity contribution >= 4 is 0 Å². The average molecular weight is 184 g/mol. The molecule has 3 nitrogen and oxygen atoms in total. The lowest BCUT2D eigenvalue weighted by molar-refractivity contribution is -0.00819. The molecule has 3 heteroatoms. The predicted octanol–water partition coefficient (Wildman–Crippen LogP) is 0.317. The van der Waals surface area contributed by atoms with Crippen molar-refractivity contribution in [2.24, 2.45) is 5.92 Å². The highest BCUT2D eigenvalue weighted by Gasteiger charge is 2.29. The Kier molecular flexibility index (Phi) is 3.19. The molecule has 0 aromatic rings. The summed E-state index contributed by atoms with van der Waals surface area (Å²) in [6.45, 7) is 5.33. The number of rotatable bonds is 4. The second-order valence-corrected chi connectivity index (χ2v) is 4.22. The average Bonchev–Trinajstić information content (AvgIpc) is 2.93. The van der Waals surface area contributed by atoms with Gasteiger partial charge in [-0.2, -0.15) is 0 Å². The van der Waals surface area contributed by atoms with Crippen LogP contribution in [-0.2, 0) is 4.74 Å². The topological polar surface area (TPSA) is 24.5 Å². The normalized spacial score (nSPS) is 30.7. The molecule has 1 heterocycles. The lowest BCUT2D eigenvalue weighted by Crippen LogP contribution is -2.50. The number of likely N-dealkylation sites (N-methyl/N-ethyl adjacent to an activating group) is 1. The molecule has 0 amide bonds. The van der Waals surface area contributed by atoms with Gasteiger partial charge in [0.1, 0.15) is 0 Å². The third-order valence-corrected chi connectivity index (χ3v) is 2.98. The van der Waals surface area contributed by atoms with Crippen molar-refractivity contribution in [3.8, 4) is 0 Å². The molecule has 13 heavy (non-hydrogen) atoms. The van der Waals surface area contributed by atoms with Gasteiger partial charge in [0.25, 0.3) is 0 Å². The van der Waals surface area contributed by atoms with Gasteiger partial charge in [-0.15, -0.1) is 0 Å². The predicted molar refractivity (Wildman–Crippen MR) is 52.8 cm³/mol. The largest absolute Gasteiger partial charge is 0.378 e. The van der Waals surface area contributed by atoms with Crippen molar-refractivity contribution in [3.63, 3.8) is 0 Å². The van der Waals surface area contributed by atoms with Crippen LogP contribution in [0.4, 0.5) is 0 Å². The van der Waals surface area contributed by atoms with Gasteiger partial charge in [-0.3, -0.25) is 4.90 Å². The maximum absolute atomic E-state index is 5.49. The van der Waals surface area contributed by atoms with Crippen molar-refractivity contribution in [2.75, 3.05) is 39.9 Å². The van der Waals surface area contributed by atoms with Gasteiger partial charge in [0.15, 0.2) is 0 Å². The van der Waals surface area contributed by atoms with Crippen LogP contribution >= 0.6 is 0 Å². The van der Waals surface area contributed by atoms with Gasteiger partial charge in [0, 0.05) is 25.7 Å². The minimum Gasteiger partial charge on any atom is -0.378 e. The van der Waals surface area contributed by atoms with Gasteiger partial charge in [-0.25, -0.2) is 0 Å². The summed E-state index contributed by atoms with van der Waals surface area (Å²) in [6, 6.07) is 0.611. The number of hydrogen-bond acceptors (Lipinski definition) is 3. The summed E-state index contributed by atoms with van der Waals surface area (Å²) in [4.78, 5) is 2.59. The molecular formula is C10H20N2O. The number of hydrogen-bond donors (Lipinski definition) is 1. The van der Waals surface area contributed by atoms with Crippen LogP contribution in [0.25, 0.3) is 0 Å². The lowest BCUT2D eigenvalue weighted by atomic mass is 10.2. The maximum atomic E-state index is 5.49. The smallest absolute Gasteiger partial charge is 0.0634 e. The molecule has 2 rings (SSSR count). The van der Waals surface area contributed by atoms with E-state index in [0.717, 1.165) is 32.2 Å². The zero-order valence-corrected chi connectivity index (χ0v) is 8.46. The van der Waals surface area contributed by atoms with E-state index in [1.807, 2.05) is 7.05 Å². The summed E-state index contributed by atoms with van der Waals surface area (Å²) in [6.07, 6.45) is 2.90. The number of nitrogens with zero attached hydrogens (tertiary/aromatic N) is 1. The first-order valence-corrected chi connectivity index (χ1v) is 5.36. The molecule has 1 saturated carbocycles. The Morgan fingerprint density at radius 1 is 1.46 bits per heavy atom. The molecule has 1 unspecified atom stereocenters. The molecule has 2 aliphatic rings. The van der Waals surface area contributed by atoms with Crippen LogP contribution in [-0.4, -0.2) is 50.8 Å². The molecule has 1 N–H and O–H groups in total. The Hall–Kier alpha value is -0.120. The minimum absolute atomic E-state index is 0.611. The highest BCUT2D eigenvalue weighted by molar-refractivity contribution is 4.83. The Balaban J connectivity index is 1.79. The van der Waals surface area contributed by atoms with Crippen LogP contribution < -0.4 is 5.32 Å². The molecule has 1 aliphatic carbocycles. The van der Waals surface area contributed by atoms with Crippen LogP contribution in [0.15, 0.2) is 0 Å². The zero-order chi connectivity index (χ0) is 9.10. The van der Waals surface area contributed by atoms with Crippen molar-refractivity contribution in [1.82, 2.24) is 10.2 Å². The summed E-state index contributed by atoms with van der Waals surface area (Å²) in [5, 5.41) is 3.24. The lowest BCUT2D eigenvalue weighted by Gasteiger charge is -2.35. The van der Waals surface area contributed by atoms with E-state index < -0.39 is 0 Å². The Labute approximate surface area is 80.4 Å². The quantitative estimate of drug-likeness (QED) is 0.681. The summed E-state index contributed by atoms with van der Waals surface area (Å²) < 4.78 is 5.49. The van der Waals surface area contributed by atoms with E-state index >= 15 is 0 Å². The van der Waals surface area contributed by atoms with E-state index in [0.29, 0.717) is 6.04 Å². The van der Waals surface area contributed by atoms with Crippen LogP contribution in [0, 0.1) is 5.92 Å². The Morgan fingerprint density at radius 2 is 2.31 bits per heavy atom. The summed E-state index contributed by atoms with van der Waals surface area (Å²) in [7, 11) is 2.02. The molecular weight excluding hydrogens is 164 g/mol. The highest BCUT2D eigenvalue weighted by atomic mass is 16.5. The van der Waals surface area contributed by atoms with Crippen molar-refractivity contribution in [2.45, 2.75) is 18.9 Å². The molecule has 2 fully saturated rings. The second-order valence-electron chi connectivity index (χ2n) is 4.22. The molecule has 1 saturated heterocycles. The molecule has 1 atom stereocenters. The van der Waals surface area contributed by atoms with Gasteiger partial charge in [0.05, 0.1) is 13.2 Å². The molecule has 76 valence electrons. The fourth-order valence-corrected chi connectivity index (χ4v) is 1.99. The first-order valence-electron chi connectivity index (χ1n) is 5.36. The monoisotopic (exact) mass is 184 g/mol. The molecule has 0 spiro atoms. The van der Waals surface area contributed by atoms with Crippen molar-refractivity contribution < 1.29 is 4.74 Å². The molecule has 1 aliphatic heterocycles. The molecule has 0 aromatic heterocycles. The van der Waals surface area contributed by atoms with Gasteiger partial charge in [-0.05, 0) is 25.8 Å². The van der Waals surface area contributed by atoms with Crippen LogP contribution in [0.1, 0.15) is 12.8 Å². The Morgan fingerprint density at radius 3 is 3.00 bits per heavy atom. The fourth-order valence-electron chi connectivity index (χ4n) is 1.99. The van der Waals surface area contributed by atoms with Crippen LogP contribution in [0.3, 0.4) is 0 Å². The van der Waals surface area contributed by atoms with E-state index in [9.17, 15) is 0 Å². The Bertz CT molecular complexity index is 157. The van der Waals surface area contributed by atoms with Crippen molar-refractivity contribution in [3.05, 3.63) is 0 Å². The van der Waals surface area contributed by atoms with E-state index in [4.69, 9.17) is 4.74 Å². The maximum Gasteiger partial charge on any atom is 0.0634 e. The third-order valence-electron chi connectivity index (χ3n) is 2.98. The minimum atomic E-state index is 0.611. The summed E-state index contributed by atoms with van der Waals surface area (Å²) >= 11 is 0. The van der Waals surface area contributed by atoms with Gasteiger partial charge in [-0.1, -0.05) is 0 Å². The fraction of sp³-hybridized carbons (Fsp3) is 1.00. The van der Waals surface area contributed by atoms with Crippen molar-refractivity contribution in [1.29, 1.82) is 0 Å². The van der Waals surface area contributed by atoms with E-state index in [1.165, 1.54) is 19.4 Å². The van der Waals surface area contributed by atoms with Crippen LogP contribution in [0.5, 0.6) is 0 Å². The standard InChI is InChI=1S/C10H20N2O/c1-11-6-10-8-13-5-4-12(10)7-9-2-3-9/h9-11H,2-8H2,1H3. The van der Waals surface area contributed by atoms with E-state index in [2.05, 4.69) is 10.2 Å².